The monoisotopic (exact) mass is 531 g/mol. The van der Waals surface area contributed by atoms with Crippen LogP contribution in [-0.2, 0) is 10.3 Å². The number of nitrogens with one attached hydrogen (secondary N) is 1. The second kappa shape index (κ2) is 11.2. The van der Waals surface area contributed by atoms with Crippen molar-refractivity contribution in [2.24, 2.45) is 23.5 Å². The maximum Gasteiger partial charge on any atom is 0.254 e. The fourth-order valence-electron chi connectivity index (χ4n) is 6.32. The molecule has 5 rings (SSSR count). The van der Waals surface area contributed by atoms with Gasteiger partial charge in [-0.3, -0.25) is 19.2 Å². The van der Waals surface area contributed by atoms with Gasteiger partial charge in [-0.2, -0.15) is 15.6 Å². The number of nitriles is 2. The van der Waals surface area contributed by atoms with E-state index in [0.29, 0.717) is 31.2 Å². The van der Waals surface area contributed by atoms with E-state index in [1.54, 1.807) is 0 Å². The number of alkyl halides is 1. The number of anilines is 1. The number of piperidine rings is 1. The summed E-state index contributed by atoms with van der Waals surface area (Å²) in [4.78, 5) is 26.8. The normalized spacial score (nSPS) is 30.6. The van der Waals surface area contributed by atoms with E-state index in [1.807, 2.05) is 6.07 Å². The molecule has 39 heavy (non-hydrogen) atoms. The zero-order chi connectivity index (χ0) is 27.6. The maximum absolute atomic E-state index is 16.0. The smallest absolute Gasteiger partial charge is 0.254 e. The first-order valence-electron chi connectivity index (χ1n) is 13.7. The number of rotatable bonds is 8. The van der Waals surface area contributed by atoms with Crippen LogP contribution in [0.1, 0.15) is 66.8 Å². The van der Waals surface area contributed by atoms with Gasteiger partial charge < -0.3 is 11.1 Å². The molecule has 1 aromatic heterocycles. The Hall–Kier alpha value is -3.76. The molecule has 0 spiro atoms. The number of hydrogen-bond acceptors (Lipinski definition) is 6. The molecule has 1 saturated heterocycles. The fraction of sp³-hybridized carbons (Fsp3) is 0.552. The van der Waals surface area contributed by atoms with Gasteiger partial charge in [0.2, 0.25) is 5.91 Å². The Kier molecular flexibility index (Phi) is 7.67. The summed E-state index contributed by atoms with van der Waals surface area (Å²) >= 11 is 0. The van der Waals surface area contributed by atoms with Crippen molar-refractivity contribution in [3.63, 3.8) is 0 Å². The average Bonchev–Trinajstić information content (AvgIpc) is 3.62. The van der Waals surface area contributed by atoms with E-state index in [-0.39, 0.29) is 30.3 Å². The molecule has 2 amide bonds. The molecule has 0 radical (unpaired) electrons. The molecule has 3 N–H and O–H groups in total. The summed E-state index contributed by atoms with van der Waals surface area (Å²) in [5.41, 5.74) is 5.63. The summed E-state index contributed by atoms with van der Waals surface area (Å²) in [6.07, 6.45) is 5.08. The molecule has 0 bridgehead atoms. The van der Waals surface area contributed by atoms with Crippen LogP contribution < -0.4 is 11.1 Å². The summed E-state index contributed by atoms with van der Waals surface area (Å²) in [5.74, 6) is -1.02. The van der Waals surface area contributed by atoms with Gasteiger partial charge in [-0.1, -0.05) is 30.3 Å². The molecule has 2 heterocycles. The van der Waals surface area contributed by atoms with Gasteiger partial charge in [0.05, 0.1) is 30.4 Å². The summed E-state index contributed by atoms with van der Waals surface area (Å²) in [6.45, 7) is 1.58. The molecule has 3 unspecified atom stereocenters. The average molecular weight is 532 g/mol. The van der Waals surface area contributed by atoms with Crippen molar-refractivity contribution >= 4 is 17.6 Å². The largest absolute Gasteiger partial charge is 0.365 e. The number of amides is 2. The number of benzene rings is 1. The second-order valence-electron chi connectivity index (χ2n) is 11.3. The van der Waals surface area contributed by atoms with Crippen molar-refractivity contribution < 1.29 is 14.0 Å². The molecule has 204 valence electrons. The predicted octanol–water partition coefficient (Wildman–Crippen LogP) is 3.71. The standard InChI is InChI=1S/C29H34FN7O2/c30-25-18-36(16-19-6-8-21(9-7-19)20-4-2-1-3-5-20)13-11-29(25,10-12-31)37-17-24(26(33)38)27(35-37)34-28(39)23-14-22(23)15-32/h1-5,17,19,21-23,25H,6-11,13-14,16,18H2,(H2,33,38)(H,34,35,39)/t19?,21?,22-,23?,25?,29?/m1/s1. The molecule has 4 atom stereocenters. The number of halogens is 1. The number of primary amides is 1. The first kappa shape index (κ1) is 26.8. The Morgan fingerprint density at radius 3 is 2.54 bits per heavy atom. The van der Waals surface area contributed by atoms with Gasteiger partial charge in [-0.25, -0.2) is 4.39 Å². The van der Waals surface area contributed by atoms with Gasteiger partial charge in [0, 0.05) is 25.8 Å². The Labute approximate surface area is 227 Å². The van der Waals surface area contributed by atoms with E-state index in [2.05, 4.69) is 51.7 Å². The number of likely N-dealkylation sites (tertiary alicyclic amines) is 1. The summed E-state index contributed by atoms with van der Waals surface area (Å²) in [5, 5.41) is 25.6. The van der Waals surface area contributed by atoms with Crippen LogP contribution in [0.3, 0.4) is 0 Å². The number of nitrogens with zero attached hydrogens (tertiary/aromatic N) is 5. The molecule has 2 aromatic rings. The molecule has 3 fully saturated rings. The van der Waals surface area contributed by atoms with Gasteiger partial charge in [0.1, 0.15) is 17.3 Å². The van der Waals surface area contributed by atoms with Gasteiger partial charge in [0.25, 0.3) is 5.91 Å². The summed E-state index contributed by atoms with van der Waals surface area (Å²) in [6, 6.07) is 14.8. The van der Waals surface area contributed by atoms with E-state index < -0.39 is 29.4 Å². The molecule has 1 aromatic carbocycles. The first-order valence-corrected chi connectivity index (χ1v) is 13.7. The summed E-state index contributed by atoms with van der Waals surface area (Å²) < 4.78 is 17.3. The first-order chi connectivity index (χ1) is 18.8. The molecule has 1 aliphatic heterocycles. The van der Waals surface area contributed by atoms with Gasteiger partial charge >= 0.3 is 0 Å². The third-order valence-corrected chi connectivity index (χ3v) is 8.85. The number of nitrogens with two attached hydrogens (primary N) is 1. The van der Waals surface area contributed by atoms with Crippen molar-refractivity contribution in [1.82, 2.24) is 14.7 Å². The number of aromatic nitrogens is 2. The minimum absolute atomic E-state index is 0.0420. The highest BCUT2D eigenvalue weighted by Gasteiger charge is 2.48. The third-order valence-electron chi connectivity index (χ3n) is 8.85. The highest BCUT2D eigenvalue weighted by atomic mass is 19.1. The summed E-state index contributed by atoms with van der Waals surface area (Å²) in [7, 11) is 0. The van der Waals surface area contributed by atoms with E-state index in [4.69, 9.17) is 11.0 Å². The minimum Gasteiger partial charge on any atom is -0.365 e. The molecule has 2 aliphatic carbocycles. The van der Waals surface area contributed by atoms with Crippen molar-refractivity contribution in [2.75, 3.05) is 25.0 Å². The minimum atomic E-state index is -1.40. The van der Waals surface area contributed by atoms with Crippen LogP contribution in [0.15, 0.2) is 36.5 Å². The fourth-order valence-corrected chi connectivity index (χ4v) is 6.32. The van der Waals surface area contributed by atoms with E-state index in [0.717, 1.165) is 32.2 Å². The van der Waals surface area contributed by atoms with Crippen LogP contribution in [0.25, 0.3) is 0 Å². The quantitative estimate of drug-likeness (QED) is 0.532. The predicted molar refractivity (Wildman–Crippen MR) is 142 cm³/mol. The van der Waals surface area contributed by atoms with Crippen LogP contribution >= 0.6 is 0 Å². The Morgan fingerprint density at radius 2 is 1.92 bits per heavy atom. The SMILES string of the molecule is N#CCC1(n2cc(C(N)=O)c(NC(=O)C3C[C@@H]3C#N)n2)CCN(CC2CCC(c3ccccc3)CC2)CC1F. The number of hydrogen-bond donors (Lipinski definition) is 2. The van der Waals surface area contributed by atoms with Gasteiger partial charge in [-0.15, -0.1) is 0 Å². The lowest BCUT2D eigenvalue weighted by Gasteiger charge is -2.44. The maximum atomic E-state index is 16.0. The van der Waals surface area contributed by atoms with E-state index >= 15 is 4.39 Å². The lowest BCUT2D eigenvalue weighted by Crippen LogP contribution is -2.55. The zero-order valence-electron chi connectivity index (χ0n) is 21.9. The highest BCUT2D eigenvalue weighted by Crippen LogP contribution is 2.41. The Bertz CT molecular complexity index is 1290. The van der Waals surface area contributed by atoms with Crippen LogP contribution in [0.5, 0.6) is 0 Å². The van der Waals surface area contributed by atoms with Crippen molar-refractivity contribution in [3.05, 3.63) is 47.7 Å². The van der Waals surface area contributed by atoms with Crippen molar-refractivity contribution in [1.29, 1.82) is 10.5 Å². The Morgan fingerprint density at radius 1 is 1.18 bits per heavy atom. The van der Waals surface area contributed by atoms with Crippen LogP contribution in [-0.4, -0.2) is 52.3 Å². The van der Waals surface area contributed by atoms with Crippen molar-refractivity contribution in [2.45, 2.75) is 62.6 Å². The zero-order valence-corrected chi connectivity index (χ0v) is 21.9. The van der Waals surface area contributed by atoms with Gasteiger partial charge in [0.15, 0.2) is 5.82 Å². The Balaban J connectivity index is 1.25. The molecule has 9 nitrogen and oxygen atoms in total. The lowest BCUT2D eigenvalue weighted by molar-refractivity contribution is -0.117. The lowest BCUT2D eigenvalue weighted by atomic mass is 9.78. The molecular weight excluding hydrogens is 497 g/mol. The number of carbonyl (C=O) groups excluding carboxylic acids is 2. The topological polar surface area (TPSA) is 141 Å². The highest BCUT2D eigenvalue weighted by molar-refractivity contribution is 6.03. The second-order valence-corrected chi connectivity index (χ2v) is 11.3. The number of carbonyl (C=O) groups is 2. The van der Waals surface area contributed by atoms with E-state index in [1.165, 1.54) is 16.4 Å². The van der Waals surface area contributed by atoms with E-state index in [9.17, 15) is 14.9 Å². The van der Waals surface area contributed by atoms with Crippen LogP contribution in [0.2, 0.25) is 0 Å². The third kappa shape index (κ3) is 5.53. The van der Waals surface area contributed by atoms with Crippen LogP contribution in [0, 0.1) is 40.4 Å². The van der Waals surface area contributed by atoms with Crippen LogP contribution in [0.4, 0.5) is 10.2 Å². The molecule has 2 saturated carbocycles. The van der Waals surface area contributed by atoms with Crippen molar-refractivity contribution in [3.8, 4) is 12.1 Å². The molecule has 3 aliphatic rings. The molecule has 10 heteroatoms. The van der Waals surface area contributed by atoms with Gasteiger partial charge in [-0.05, 0) is 55.9 Å². The molecular formula is C29H34FN7O2.